The molecule has 0 spiro atoms. The Morgan fingerprint density at radius 3 is 2.11 bits per heavy atom. The van der Waals surface area contributed by atoms with E-state index in [4.69, 9.17) is 9.47 Å². The first-order chi connectivity index (χ1) is 18.1. The van der Waals surface area contributed by atoms with Crippen molar-refractivity contribution in [2.45, 2.75) is 84.5 Å². The summed E-state index contributed by atoms with van der Waals surface area (Å²) >= 11 is 3.51. The van der Waals surface area contributed by atoms with Crippen molar-refractivity contribution in [1.82, 2.24) is 9.97 Å². The smallest absolute Gasteiger partial charge is 0.343 e. The van der Waals surface area contributed by atoms with E-state index in [1.54, 1.807) is 24.3 Å². The maximum absolute atomic E-state index is 12.7. The summed E-state index contributed by atoms with van der Waals surface area (Å²) in [6.07, 6.45) is 17.1. The van der Waals surface area contributed by atoms with Gasteiger partial charge in [-0.3, -0.25) is 0 Å². The van der Waals surface area contributed by atoms with Gasteiger partial charge in [0.15, 0.2) is 5.82 Å². The molecule has 0 amide bonds. The summed E-state index contributed by atoms with van der Waals surface area (Å²) in [7, 11) is 0. The third-order valence-electron chi connectivity index (χ3n) is 6.27. The zero-order valence-corrected chi connectivity index (χ0v) is 23.8. The van der Waals surface area contributed by atoms with Crippen LogP contribution in [0.15, 0.2) is 59.3 Å². The molecule has 0 radical (unpaired) electrons. The van der Waals surface area contributed by atoms with Gasteiger partial charge < -0.3 is 9.47 Å². The molecule has 1 aromatic heterocycles. The van der Waals surface area contributed by atoms with Crippen LogP contribution in [0.25, 0.3) is 11.4 Å². The van der Waals surface area contributed by atoms with E-state index in [1.807, 2.05) is 30.6 Å². The lowest BCUT2D eigenvalue weighted by Gasteiger charge is -2.10. The second-order valence-electron chi connectivity index (χ2n) is 9.40. The van der Waals surface area contributed by atoms with Crippen LogP contribution in [0.5, 0.6) is 11.5 Å². The van der Waals surface area contributed by atoms with Crippen molar-refractivity contribution in [3.63, 3.8) is 0 Å². The molecule has 2 aromatic carbocycles. The number of halogens is 1. The second-order valence-corrected chi connectivity index (χ2v) is 10.3. The van der Waals surface area contributed by atoms with Crippen LogP contribution in [-0.4, -0.2) is 22.5 Å². The minimum absolute atomic E-state index is 0.417. The minimum atomic E-state index is -0.417. The van der Waals surface area contributed by atoms with Crippen LogP contribution in [0.1, 0.15) is 94.0 Å². The summed E-state index contributed by atoms with van der Waals surface area (Å²) in [5, 5.41) is 0. The number of aromatic nitrogens is 2. The van der Waals surface area contributed by atoms with Gasteiger partial charge in [-0.05, 0) is 83.2 Å². The van der Waals surface area contributed by atoms with Crippen molar-refractivity contribution in [1.29, 1.82) is 0 Å². The highest BCUT2D eigenvalue weighted by Crippen LogP contribution is 2.27. The number of hydrogen-bond donors (Lipinski definition) is 0. The molecule has 0 saturated heterocycles. The Kier molecular flexibility index (Phi) is 12.6. The number of hydrogen-bond acceptors (Lipinski definition) is 5. The molecule has 0 aliphatic carbocycles. The first-order valence-corrected chi connectivity index (χ1v) is 14.5. The Morgan fingerprint density at radius 2 is 1.46 bits per heavy atom. The molecule has 0 N–H and O–H groups in total. The monoisotopic (exact) mass is 566 g/mol. The number of aryl methyl sites for hydroxylation is 1. The van der Waals surface area contributed by atoms with Gasteiger partial charge >= 0.3 is 5.97 Å². The Hall–Kier alpha value is -2.73. The van der Waals surface area contributed by atoms with Crippen LogP contribution in [0.3, 0.4) is 0 Å². The molecule has 37 heavy (non-hydrogen) atoms. The fourth-order valence-corrected chi connectivity index (χ4v) is 4.53. The average Bonchev–Trinajstić information content (AvgIpc) is 2.92. The van der Waals surface area contributed by atoms with Crippen molar-refractivity contribution in [3.8, 4) is 22.9 Å². The molecule has 0 unspecified atom stereocenters. The van der Waals surface area contributed by atoms with Gasteiger partial charge in [0.2, 0.25) is 0 Å². The van der Waals surface area contributed by atoms with Gasteiger partial charge in [-0.15, -0.1) is 0 Å². The highest BCUT2D eigenvalue weighted by atomic mass is 79.9. The highest BCUT2D eigenvalue weighted by molar-refractivity contribution is 9.10. The predicted molar refractivity (Wildman–Crippen MR) is 153 cm³/mol. The molecule has 0 fully saturated rings. The van der Waals surface area contributed by atoms with E-state index < -0.39 is 5.97 Å². The van der Waals surface area contributed by atoms with Gasteiger partial charge in [-0.1, -0.05) is 65.2 Å². The summed E-state index contributed by atoms with van der Waals surface area (Å²) in [4.78, 5) is 21.7. The average molecular weight is 568 g/mol. The lowest BCUT2D eigenvalue weighted by molar-refractivity contribution is 0.0734. The summed E-state index contributed by atoms with van der Waals surface area (Å²) in [5.74, 6) is 1.46. The van der Waals surface area contributed by atoms with E-state index in [-0.39, 0.29) is 0 Å². The number of rotatable bonds is 16. The molecule has 5 nitrogen and oxygen atoms in total. The predicted octanol–water partition coefficient (Wildman–Crippen LogP) is 8.99. The molecule has 0 bridgehead atoms. The number of esters is 1. The fourth-order valence-electron chi connectivity index (χ4n) is 4.04. The molecule has 6 heteroatoms. The van der Waals surface area contributed by atoms with Gasteiger partial charge in [0.05, 0.1) is 16.6 Å². The molecule has 0 aliphatic heterocycles. The normalized spacial score (nSPS) is 10.9. The van der Waals surface area contributed by atoms with Crippen LogP contribution >= 0.6 is 15.9 Å². The Morgan fingerprint density at radius 1 is 0.811 bits per heavy atom. The van der Waals surface area contributed by atoms with E-state index in [9.17, 15) is 4.79 Å². The van der Waals surface area contributed by atoms with E-state index in [1.165, 1.54) is 63.4 Å². The maximum atomic E-state index is 12.7. The van der Waals surface area contributed by atoms with Crippen LogP contribution in [0.2, 0.25) is 0 Å². The topological polar surface area (TPSA) is 61.3 Å². The standard InChI is InChI=1S/C31H39BrN2O3/c1-3-5-7-9-11-13-24-22-33-30(34-23-24)25-14-17-27(18-15-25)37-31(35)26-16-19-29(28(32)21-26)36-20-12-10-8-6-4-2/h14-19,21-23H,3-13,20H2,1-2H3. The first-order valence-electron chi connectivity index (χ1n) is 13.7. The summed E-state index contributed by atoms with van der Waals surface area (Å²) < 4.78 is 12.2. The summed E-state index contributed by atoms with van der Waals surface area (Å²) in [6, 6.07) is 12.6. The van der Waals surface area contributed by atoms with Gasteiger partial charge in [-0.2, -0.15) is 0 Å². The lowest BCUT2D eigenvalue weighted by Crippen LogP contribution is -2.09. The van der Waals surface area contributed by atoms with Crippen molar-refractivity contribution < 1.29 is 14.3 Å². The third kappa shape index (κ3) is 9.92. The van der Waals surface area contributed by atoms with E-state index in [2.05, 4.69) is 39.7 Å². The third-order valence-corrected chi connectivity index (χ3v) is 6.89. The van der Waals surface area contributed by atoms with Gasteiger partial charge in [0.1, 0.15) is 11.5 Å². The number of carbonyl (C=O) groups is 1. The SMILES string of the molecule is CCCCCCCOc1ccc(C(=O)Oc2ccc(-c3ncc(CCCCCCC)cn3)cc2)cc1Br. The largest absolute Gasteiger partial charge is 0.492 e. The zero-order chi connectivity index (χ0) is 26.3. The van der Waals surface area contributed by atoms with Gasteiger partial charge in [0.25, 0.3) is 0 Å². The summed E-state index contributed by atoms with van der Waals surface area (Å²) in [5.41, 5.74) is 2.51. The lowest BCUT2D eigenvalue weighted by atomic mass is 10.1. The molecule has 3 aromatic rings. The van der Waals surface area contributed by atoms with Gasteiger partial charge in [-0.25, -0.2) is 14.8 Å². The molecule has 0 aliphatic rings. The van der Waals surface area contributed by atoms with Crippen LogP contribution in [-0.2, 0) is 6.42 Å². The summed E-state index contributed by atoms with van der Waals surface area (Å²) in [6.45, 7) is 5.11. The van der Waals surface area contributed by atoms with Crippen molar-refractivity contribution >= 4 is 21.9 Å². The Bertz CT molecular complexity index is 1080. The minimum Gasteiger partial charge on any atom is -0.492 e. The van der Waals surface area contributed by atoms with Gasteiger partial charge in [0, 0.05) is 18.0 Å². The molecule has 0 saturated carbocycles. The first kappa shape index (κ1) is 28.8. The molecule has 0 atom stereocenters. The maximum Gasteiger partial charge on any atom is 0.343 e. The van der Waals surface area contributed by atoms with Crippen molar-refractivity contribution in [2.24, 2.45) is 0 Å². The van der Waals surface area contributed by atoms with E-state index in [0.29, 0.717) is 23.7 Å². The quantitative estimate of drug-likeness (QED) is 0.0982. The molecule has 1 heterocycles. The zero-order valence-electron chi connectivity index (χ0n) is 22.2. The molecular formula is C31H39BrN2O3. The molecule has 198 valence electrons. The number of benzene rings is 2. The Labute approximate surface area is 230 Å². The highest BCUT2D eigenvalue weighted by Gasteiger charge is 2.12. The Balaban J connectivity index is 1.48. The number of ether oxygens (including phenoxy) is 2. The number of carbonyl (C=O) groups excluding carboxylic acids is 1. The van der Waals surface area contributed by atoms with Crippen LogP contribution in [0, 0.1) is 0 Å². The second kappa shape index (κ2) is 16.2. The number of nitrogens with zero attached hydrogens (tertiary/aromatic N) is 2. The fraction of sp³-hybridized carbons (Fsp3) is 0.452. The van der Waals surface area contributed by atoms with Crippen molar-refractivity contribution in [3.05, 3.63) is 70.5 Å². The van der Waals surface area contributed by atoms with E-state index >= 15 is 0 Å². The van der Waals surface area contributed by atoms with Crippen molar-refractivity contribution in [2.75, 3.05) is 6.61 Å². The molecule has 3 rings (SSSR count). The van der Waals surface area contributed by atoms with E-state index in [0.717, 1.165) is 28.6 Å². The molecular weight excluding hydrogens is 528 g/mol. The van der Waals surface area contributed by atoms with Crippen LogP contribution < -0.4 is 9.47 Å². The van der Waals surface area contributed by atoms with Crippen LogP contribution in [0.4, 0.5) is 0 Å². The number of unbranched alkanes of at least 4 members (excludes halogenated alkanes) is 8.